The molecule has 4 aromatic carbocycles. The monoisotopic (exact) mass is 468 g/mol. The van der Waals surface area contributed by atoms with Crippen LogP contribution in [0, 0.1) is 41.1 Å². The van der Waals surface area contributed by atoms with Gasteiger partial charge in [-0.15, -0.1) is 0 Å². The maximum absolute atomic E-state index is 14.6. The molecule has 35 heavy (non-hydrogen) atoms. The highest BCUT2D eigenvalue weighted by molar-refractivity contribution is 5.84. The maximum atomic E-state index is 14.6. The molecule has 0 aliphatic rings. The van der Waals surface area contributed by atoms with Crippen molar-refractivity contribution in [1.29, 1.82) is 0 Å². The summed E-state index contributed by atoms with van der Waals surface area (Å²) in [7, 11) is 0. The fourth-order valence-corrected chi connectivity index (χ4v) is 3.50. The van der Waals surface area contributed by atoms with E-state index in [4.69, 9.17) is 4.74 Å². The number of ether oxygens (including phenoxy) is 1. The standard InChI is InChI=1S/C31H23F3O/c1-2-3-4-17-35-29-16-14-25(31(34)21-29)11-7-23-6-10-24(30(33)19-23)9-5-22-8-12-27-20-28(32)15-13-26(27)18-22/h6,8,10,12-16,18-21H,2-4,17H2,1H3. The summed E-state index contributed by atoms with van der Waals surface area (Å²) in [5.41, 5.74) is 1.55. The molecule has 0 aromatic heterocycles. The molecule has 0 saturated heterocycles. The lowest BCUT2D eigenvalue weighted by molar-refractivity contribution is 0.305. The predicted octanol–water partition coefficient (Wildman–Crippen LogP) is 7.63. The van der Waals surface area contributed by atoms with Gasteiger partial charge in [-0.05, 0) is 71.8 Å². The zero-order valence-electron chi connectivity index (χ0n) is 19.3. The number of benzene rings is 4. The van der Waals surface area contributed by atoms with Gasteiger partial charge in [0.1, 0.15) is 23.2 Å². The second-order valence-electron chi connectivity index (χ2n) is 8.10. The van der Waals surface area contributed by atoms with Gasteiger partial charge in [-0.25, -0.2) is 13.2 Å². The van der Waals surface area contributed by atoms with Gasteiger partial charge in [-0.3, -0.25) is 0 Å². The highest BCUT2D eigenvalue weighted by Crippen LogP contribution is 2.18. The van der Waals surface area contributed by atoms with E-state index in [1.165, 1.54) is 24.3 Å². The summed E-state index contributed by atoms with van der Waals surface area (Å²) in [6.07, 6.45) is 3.09. The molecule has 0 spiro atoms. The second kappa shape index (κ2) is 11.3. The molecule has 4 aromatic rings. The van der Waals surface area contributed by atoms with Crippen LogP contribution in [-0.2, 0) is 0 Å². The Kier molecular flexibility index (Phi) is 7.76. The van der Waals surface area contributed by atoms with E-state index in [9.17, 15) is 13.2 Å². The van der Waals surface area contributed by atoms with Crippen molar-refractivity contribution in [1.82, 2.24) is 0 Å². The highest BCUT2D eigenvalue weighted by atomic mass is 19.1. The van der Waals surface area contributed by atoms with E-state index < -0.39 is 11.6 Å². The molecule has 1 nitrogen and oxygen atoms in total. The fraction of sp³-hybridized carbons (Fsp3) is 0.161. The van der Waals surface area contributed by atoms with Crippen LogP contribution in [0.2, 0.25) is 0 Å². The van der Waals surface area contributed by atoms with E-state index in [1.54, 1.807) is 42.5 Å². The third kappa shape index (κ3) is 6.46. The third-order valence-electron chi connectivity index (χ3n) is 5.41. The topological polar surface area (TPSA) is 9.23 Å². The lowest BCUT2D eigenvalue weighted by Crippen LogP contribution is -1.97. The lowest BCUT2D eigenvalue weighted by Gasteiger charge is -2.06. The minimum absolute atomic E-state index is 0.214. The average molecular weight is 469 g/mol. The van der Waals surface area contributed by atoms with Crippen molar-refractivity contribution >= 4 is 10.8 Å². The normalized spacial score (nSPS) is 10.3. The van der Waals surface area contributed by atoms with E-state index in [0.717, 1.165) is 30.0 Å². The first-order chi connectivity index (χ1) is 17.0. The number of hydrogen-bond donors (Lipinski definition) is 0. The summed E-state index contributed by atoms with van der Waals surface area (Å²) < 4.78 is 47.8. The van der Waals surface area contributed by atoms with Gasteiger partial charge in [0, 0.05) is 17.2 Å². The molecule has 0 aliphatic heterocycles. The number of rotatable bonds is 5. The minimum Gasteiger partial charge on any atom is -0.493 e. The van der Waals surface area contributed by atoms with E-state index in [1.807, 2.05) is 6.07 Å². The van der Waals surface area contributed by atoms with Crippen LogP contribution in [0.3, 0.4) is 0 Å². The second-order valence-corrected chi connectivity index (χ2v) is 8.10. The lowest BCUT2D eigenvalue weighted by atomic mass is 10.1. The molecule has 4 heteroatoms. The van der Waals surface area contributed by atoms with Crippen molar-refractivity contribution in [3.63, 3.8) is 0 Å². The first-order valence-electron chi connectivity index (χ1n) is 11.5. The molecule has 0 unspecified atom stereocenters. The van der Waals surface area contributed by atoms with Gasteiger partial charge in [-0.1, -0.05) is 55.6 Å². The fourth-order valence-electron chi connectivity index (χ4n) is 3.50. The van der Waals surface area contributed by atoms with Crippen LogP contribution in [0.5, 0.6) is 5.75 Å². The van der Waals surface area contributed by atoms with Gasteiger partial charge in [-0.2, -0.15) is 0 Å². The van der Waals surface area contributed by atoms with Crippen molar-refractivity contribution in [3.8, 4) is 29.4 Å². The Labute approximate surface area is 203 Å². The van der Waals surface area contributed by atoms with Crippen LogP contribution in [0.15, 0.2) is 72.8 Å². The SMILES string of the molecule is CCCCCOc1ccc(C#Cc2ccc(C#Cc3ccc4cc(F)ccc4c3)c(F)c2)c(F)c1. The molecule has 174 valence electrons. The zero-order valence-corrected chi connectivity index (χ0v) is 19.3. The zero-order chi connectivity index (χ0) is 24.6. The van der Waals surface area contributed by atoms with E-state index in [2.05, 4.69) is 30.6 Å². The van der Waals surface area contributed by atoms with Crippen molar-refractivity contribution < 1.29 is 17.9 Å². The molecule has 0 bridgehead atoms. The summed E-state index contributed by atoms with van der Waals surface area (Å²) in [6.45, 7) is 2.66. The largest absolute Gasteiger partial charge is 0.493 e. The molecule has 4 rings (SSSR count). The highest BCUT2D eigenvalue weighted by Gasteiger charge is 2.04. The molecule has 0 saturated carbocycles. The number of halogens is 3. The molecule has 0 atom stereocenters. The van der Waals surface area contributed by atoms with E-state index in [-0.39, 0.29) is 16.9 Å². The molecule has 0 fully saturated rings. The summed E-state index contributed by atoms with van der Waals surface area (Å²) in [5, 5.41) is 1.63. The molecule has 0 N–H and O–H groups in total. The Morgan fingerprint density at radius 2 is 1.26 bits per heavy atom. The smallest absolute Gasteiger partial charge is 0.142 e. The van der Waals surface area contributed by atoms with Crippen molar-refractivity contribution in [2.45, 2.75) is 26.2 Å². The van der Waals surface area contributed by atoms with Gasteiger partial charge in [0.2, 0.25) is 0 Å². The Morgan fingerprint density at radius 1 is 0.629 bits per heavy atom. The molecular formula is C31H23F3O. The molecule has 0 radical (unpaired) electrons. The third-order valence-corrected chi connectivity index (χ3v) is 5.41. The molecule has 0 heterocycles. The van der Waals surface area contributed by atoms with E-state index in [0.29, 0.717) is 23.5 Å². The summed E-state index contributed by atoms with van der Waals surface area (Å²) >= 11 is 0. The van der Waals surface area contributed by atoms with Crippen LogP contribution < -0.4 is 4.74 Å². The molecule has 0 aliphatic carbocycles. The first-order valence-corrected chi connectivity index (χ1v) is 11.5. The quantitative estimate of drug-likeness (QED) is 0.216. The average Bonchev–Trinajstić information content (AvgIpc) is 2.85. The Balaban J connectivity index is 1.46. The van der Waals surface area contributed by atoms with Gasteiger partial charge in [0.15, 0.2) is 0 Å². The summed E-state index contributed by atoms with van der Waals surface area (Å²) in [5.74, 6) is 10.5. The Bertz CT molecular complexity index is 1480. The van der Waals surface area contributed by atoms with Crippen molar-refractivity contribution in [3.05, 3.63) is 113 Å². The van der Waals surface area contributed by atoms with Crippen LogP contribution in [0.1, 0.15) is 48.4 Å². The molecular weight excluding hydrogens is 445 g/mol. The predicted molar refractivity (Wildman–Crippen MR) is 134 cm³/mol. The van der Waals surface area contributed by atoms with Gasteiger partial charge in [0.05, 0.1) is 17.7 Å². The van der Waals surface area contributed by atoms with Gasteiger partial charge < -0.3 is 4.74 Å². The van der Waals surface area contributed by atoms with Crippen molar-refractivity contribution in [2.75, 3.05) is 6.61 Å². The Morgan fingerprint density at radius 3 is 1.97 bits per heavy atom. The van der Waals surface area contributed by atoms with Crippen LogP contribution in [0.25, 0.3) is 10.8 Å². The van der Waals surface area contributed by atoms with E-state index >= 15 is 0 Å². The van der Waals surface area contributed by atoms with Crippen LogP contribution in [-0.4, -0.2) is 6.61 Å². The van der Waals surface area contributed by atoms with Crippen LogP contribution in [0.4, 0.5) is 13.2 Å². The minimum atomic E-state index is -0.511. The van der Waals surface area contributed by atoms with Crippen LogP contribution >= 0.6 is 0 Å². The first kappa shape index (κ1) is 24.0. The number of hydrogen-bond acceptors (Lipinski definition) is 1. The summed E-state index contributed by atoms with van der Waals surface area (Å²) in [4.78, 5) is 0. The number of unbranched alkanes of at least 4 members (excludes halogenated alkanes) is 2. The number of fused-ring (bicyclic) bond motifs is 1. The maximum Gasteiger partial charge on any atom is 0.142 e. The van der Waals surface area contributed by atoms with Gasteiger partial charge >= 0.3 is 0 Å². The Hall–Kier alpha value is -4.15. The summed E-state index contributed by atoms with van der Waals surface area (Å²) in [6, 6.07) is 18.9. The van der Waals surface area contributed by atoms with Gasteiger partial charge in [0.25, 0.3) is 0 Å². The van der Waals surface area contributed by atoms with Crippen molar-refractivity contribution in [2.24, 2.45) is 0 Å². The molecule has 0 amide bonds.